The zero-order valence-corrected chi connectivity index (χ0v) is 9.45. The number of nitrogens with zero attached hydrogens (tertiary/aromatic N) is 1. The predicted octanol–water partition coefficient (Wildman–Crippen LogP) is -0.418. The molecule has 0 radical (unpaired) electrons. The van der Waals surface area contributed by atoms with E-state index in [4.69, 9.17) is 0 Å². The monoisotopic (exact) mass is 225 g/mol. The molecule has 0 N–H and O–H groups in total. The quantitative estimate of drug-likeness (QED) is 0.214. The van der Waals surface area contributed by atoms with Gasteiger partial charge in [-0.25, -0.2) is 13.0 Å². The van der Waals surface area contributed by atoms with Crippen LogP contribution in [-0.4, -0.2) is 52.1 Å². The van der Waals surface area contributed by atoms with E-state index in [0.29, 0.717) is 0 Å². The molecule has 6 nitrogen and oxygen atoms in total. The van der Waals surface area contributed by atoms with E-state index in [9.17, 15) is 13.0 Å². The number of hydrogen-bond acceptors (Lipinski definition) is 5. The van der Waals surface area contributed by atoms with Gasteiger partial charge in [0.15, 0.2) is 6.21 Å². The van der Waals surface area contributed by atoms with Crippen molar-refractivity contribution in [1.82, 2.24) is 0 Å². The van der Waals surface area contributed by atoms with E-state index in [-0.39, 0.29) is 0 Å². The molecule has 0 aromatic heterocycles. The van der Waals surface area contributed by atoms with Crippen LogP contribution in [0.1, 0.15) is 0 Å². The molecule has 0 heterocycles. The van der Waals surface area contributed by atoms with Crippen molar-refractivity contribution in [2.45, 2.75) is 0 Å². The lowest BCUT2D eigenvalue weighted by molar-refractivity contribution is -0.458. The maximum absolute atomic E-state index is 9.22. The molecular weight excluding hydrogens is 210 g/mol. The summed E-state index contributed by atoms with van der Waals surface area (Å²) < 4.78 is 37.6. The van der Waals surface area contributed by atoms with Crippen molar-refractivity contribution in [2.75, 3.05) is 28.3 Å². The van der Waals surface area contributed by atoms with Crippen LogP contribution in [0.4, 0.5) is 0 Å². The molecule has 0 unspecified atom stereocenters. The molecule has 0 saturated carbocycles. The lowest BCUT2D eigenvalue weighted by Crippen LogP contribution is -1.97. The second kappa shape index (κ2) is 8.67. The zero-order chi connectivity index (χ0) is 11.6. The standard InChI is InChI=1S/C6H12NO.CH4O4S/c1-7(2)5-4-6-8-3;1-5-6(2,3)4/h4-6H,1-3H3;1H3,(H,2,3,4)/q+1;/p-1. The summed E-state index contributed by atoms with van der Waals surface area (Å²) >= 11 is 0. The second-order valence-corrected chi connectivity index (χ2v) is 3.40. The first-order valence-electron chi connectivity index (χ1n) is 3.54. The largest absolute Gasteiger partial charge is 0.726 e. The Kier molecular flexibility index (Phi) is 9.63. The normalized spacial score (nSPS) is 10.4. The van der Waals surface area contributed by atoms with Crippen LogP contribution in [0.3, 0.4) is 0 Å². The van der Waals surface area contributed by atoms with Crippen LogP contribution in [0.2, 0.25) is 0 Å². The summed E-state index contributed by atoms with van der Waals surface area (Å²) in [5.41, 5.74) is 0. The number of hydrogen-bond donors (Lipinski definition) is 0. The molecule has 14 heavy (non-hydrogen) atoms. The Balaban J connectivity index is 0. The third kappa shape index (κ3) is 22.5. The fourth-order valence-electron chi connectivity index (χ4n) is 0.286. The average molecular weight is 225 g/mol. The topological polar surface area (TPSA) is 78.7 Å². The minimum Gasteiger partial charge on any atom is -0.726 e. The first kappa shape index (κ1) is 15.5. The summed E-state index contributed by atoms with van der Waals surface area (Å²) in [6, 6.07) is 0. The Hall–Kier alpha value is -0.920. The van der Waals surface area contributed by atoms with E-state index in [0.717, 1.165) is 7.11 Å². The Morgan fingerprint density at radius 2 is 1.71 bits per heavy atom. The lowest BCUT2D eigenvalue weighted by Gasteiger charge is -1.98. The summed E-state index contributed by atoms with van der Waals surface area (Å²) in [4.78, 5) is 0. The number of ether oxygens (including phenoxy) is 1. The highest BCUT2D eigenvalue weighted by Crippen LogP contribution is 1.74. The fraction of sp³-hybridized carbons (Fsp3) is 0.571. The van der Waals surface area contributed by atoms with E-state index in [1.165, 1.54) is 0 Å². The van der Waals surface area contributed by atoms with Gasteiger partial charge < -0.3 is 9.29 Å². The first-order valence-corrected chi connectivity index (χ1v) is 4.87. The van der Waals surface area contributed by atoms with E-state index >= 15 is 0 Å². The summed E-state index contributed by atoms with van der Waals surface area (Å²) in [6.07, 6.45) is 5.36. The van der Waals surface area contributed by atoms with Gasteiger partial charge in [0, 0.05) is 6.08 Å². The molecule has 0 aliphatic heterocycles. The van der Waals surface area contributed by atoms with E-state index in [1.54, 1.807) is 13.4 Å². The number of methoxy groups -OCH3 is 1. The van der Waals surface area contributed by atoms with Crippen LogP contribution < -0.4 is 0 Å². The van der Waals surface area contributed by atoms with E-state index < -0.39 is 10.4 Å². The molecule has 0 aliphatic rings. The first-order chi connectivity index (χ1) is 6.33. The van der Waals surface area contributed by atoms with Gasteiger partial charge in [0.1, 0.15) is 14.1 Å². The molecule has 0 aromatic carbocycles. The molecule has 0 amide bonds. The van der Waals surface area contributed by atoms with Crippen LogP contribution in [-0.2, 0) is 19.3 Å². The van der Waals surface area contributed by atoms with Gasteiger partial charge in [-0.05, 0) is 0 Å². The fourth-order valence-corrected chi connectivity index (χ4v) is 0.286. The third-order valence-electron chi connectivity index (χ3n) is 0.803. The Morgan fingerprint density at radius 1 is 1.29 bits per heavy atom. The maximum Gasteiger partial charge on any atom is 0.217 e. The molecule has 84 valence electrons. The average Bonchev–Trinajstić information content (AvgIpc) is 2.04. The molecule has 0 aliphatic carbocycles. The van der Waals surface area contributed by atoms with Gasteiger partial charge in [-0.15, -0.1) is 0 Å². The van der Waals surface area contributed by atoms with Gasteiger partial charge >= 0.3 is 0 Å². The molecule has 0 spiro atoms. The summed E-state index contributed by atoms with van der Waals surface area (Å²) in [7, 11) is 1.94. The Bertz CT molecular complexity index is 276. The molecule has 0 saturated heterocycles. The highest BCUT2D eigenvalue weighted by atomic mass is 32.3. The maximum atomic E-state index is 9.22. The predicted molar refractivity (Wildman–Crippen MR) is 51.0 cm³/mol. The van der Waals surface area contributed by atoms with Crippen LogP contribution in [0.25, 0.3) is 0 Å². The molecule has 0 aromatic rings. The molecule has 0 rings (SSSR count). The van der Waals surface area contributed by atoms with Gasteiger partial charge in [-0.3, -0.25) is 4.18 Å². The highest BCUT2D eigenvalue weighted by Gasteiger charge is 1.79. The Labute approximate surface area is 84.4 Å². The van der Waals surface area contributed by atoms with Crippen molar-refractivity contribution in [3.05, 3.63) is 12.3 Å². The van der Waals surface area contributed by atoms with Gasteiger partial charge in [0.05, 0.1) is 20.5 Å². The Morgan fingerprint density at radius 3 is 1.93 bits per heavy atom. The van der Waals surface area contributed by atoms with Crippen LogP contribution in [0.15, 0.2) is 12.3 Å². The summed E-state index contributed by atoms with van der Waals surface area (Å²) in [5, 5.41) is 0. The van der Waals surface area contributed by atoms with Crippen molar-refractivity contribution >= 4 is 16.6 Å². The van der Waals surface area contributed by atoms with Gasteiger partial charge in [-0.1, -0.05) is 0 Å². The smallest absolute Gasteiger partial charge is 0.217 e. The van der Waals surface area contributed by atoms with Crippen molar-refractivity contribution < 1.29 is 26.5 Å². The minimum atomic E-state index is -4.41. The molecule has 7 heteroatoms. The van der Waals surface area contributed by atoms with Gasteiger partial charge in [0.25, 0.3) is 0 Å². The van der Waals surface area contributed by atoms with E-state index in [2.05, 4.69) is 8.92 Å². The van der Waals surface area contributed by atoms with Crippen molar-refractivity contribution in [3.8, 4) is 0 Å². The molecule has 0 bridgehead atoms. The number of allylic oxidation sites excluding steroid dienone is 1. The van der Waals surface area contributed by atoms with E-state index in [1.807, 2.05) is 31.0 Å². The van der Waals surface area contributed by atoms with Gasteiger partial charge in [0.2, 0.25) is 10.4 Å². The molecule has 0 fully saturated rings. The second-order valence-electron chi connectivity index (χ2n) is 2.25. The zero-order valence-electron chi connectivity index (χ0n) is 8.63. The van der Waals surface area contributed by atoms with Crippen LogP contribution in [0.5, 0.6) is 0 Å². The summed E-state index contributed by atoms with van der Waals surface area (Å²) in [5.74, 6) is 0. The minimum absolute atomic E-state index is 0.808. The lowest BCUT2D eigenvalue weighted by atomic mass is 10.7. The van der Waals surface area contributed by atoms with Crippen LogP contribution in [0, 0.1) is 0 Å². The van der Waals surface area contributed by atoms with Crippen molar-refractivity contribution in [2.24, 2.45) is 0 Å². The molecular formula is C7H15NO5S. The highest BCUT2D eigenvalue weighted by molar-refractivity contribution is 7.80. The number of rotatable bonds is 3. The molecule has 0 atom stereocenters. The van der Waals surface area contributed by atoms with Crippen LogP contribution >= 0.6 is 0 Å². The van der Waals surface area contributed by atoms with Crippen molar-refractivity contribution in [1.29, 1.82) is 0 Å². The summed E-state index contributed by atoms with van der Waals surface area (Å²) in [6.45, 7) is 0. The SMILES string of the molecule is COC=CC=[N+](C)C.COS(=O)(=O)[O-]. The van der Waals surface area contributed by atoms with Gasteiger partial charge in [-0.2, -0.15) is 0 Å². The third-order valence-corrected chi connectivity index (χ3v) is 1.21. The van der Waals surface area contributed by atoms with Crippen molar-refractivity contribution in [3.63, 3.8) is 0 Å².